The molecule has 3 aromatic carbocycles. The maximum absolute atomic E-state index is 12.4. The third-order valence-electron chi connectivity index (χ3n) is 7.74. The number of hydroxylamine groups is 2. The maximum Gasteiger partial charge on any atom is 0.323 e. The van der Waals surface area contributed by atoms with Gasteiger partial charge in [-0.3, -0.25) is 0 Å². The molecule has 2 amide bonds. The van der Waals surface area contributed by atoms with Crippen LogP contribution in [0.15, 0.2) is 60.7 Å². The van der Waals surface area contributed by atoms with Gasteiger partial charge in [0.2, 0.25) is 5.79 Å². The SMILES string of the molecule is CC1(C)OCc2c(ccc(CCCC(CCOCCOCc3cccc(NC(=O)Nc4cccc(N)c4)c3)N3CCOO3)c2O)O1. The molecule has 1 unspecified atom stereocenters. The van der Waals surface area contributed by atoms with Crippen LogP contribution in [0.3, 0.4) is 0 Å². The minimum atomic E-state index is -0.704. The molecule has 12 nitrogen and oxygen atoms in total. The van der Waals surface area contributed by atoms with Crippen LogP contribution in [0.1, 0.15) is 49.8 Å². The van der Waals surface area contributed by atoms with Crippen molar-refractivity contribution in [2.24, 2.45) is 0 Å². The Bertz CT molecular complexity index is 1450. The predicted octanol–water partition coefficient (Wildman–Crippen LogP) is 5.76. The predicted molar refractivity (Wildman–Crippen MR) is 173 cm³/mol. The Kier molecular flexibility index (Phi) is 11.7. The van der Waals surface area contributed by atoms with Crippen LogP contribution in [0.4, 0.5) is 21.9 Å². The van der Waals surface area contributed by atoms with Crippen LogP contribution in [0, 0.1) is 0 Å². The Morgan fingerprint density at radius 3 is 2.59 bits per heavy atom. The minimum Gasteiger partial charge on any atom is -0.507 e. The van der Waals surface area contributed by atoms with E-state index in [0.29, 0.717) is 81.0 Å². The van der Waals surface area contributed by atoms with Gasteiger partial charge in [0.25, 0.3) is 0 Å². The van der Waals surface area contributed by atoms with Crippen molar-refractivity contribution < 1.29 is 38.7 Å². The molecule has 1 atom stereocenters. The average Bonchev–Trinajstić information content (AvgIpc) is 3.55. The molecule has 3 aromatic rings. The summed E-state index contributed by atoms with van der Waals surface area (Å²) in [6, 6.07) is 18.1. The van der Waals surface area contributed by atoms with Crippen LogP contribution >= 0.6 is 0 Å². The third kappa shape index (κ3) is 9.79. The highest BCUT2D eigenvalue weighted by Crippen LogP contribution is 2.39. The van der Waals surface area contributed by atoms with Gasteiger partial charge in [0.05, 0.1) is 45.1 Å². The summed E-state index contributed by atoms with van der Waals surface area (Å²) in [5, 5.41) is 18.3. The molecule has 0 aromatic heterocycles. The highest BCUT2D eigenvalue weighted by atomic mass is 17.3. The van der Waals surface area contributed by atoms with Crippen LogP contribution < -0.4 is 21.1 Å². The molecule has 46 heavy (non-hydrogen) atoms. The van der Waals surface area contributed by atoms with Crippen molar-refractivity contribution in [3.8, 4) is 11.5 Å². The van der Waals surface area contributed by atoms with E-state index in [1.54, 1.807) is 24.3 Å². The maximum atomic E-state index is 12.4. The van der Waals surface area contributed by atoms with E-state index >= 15 is 0 Å². The second-order valence-electron chi connectivity index (χ2n) is 11.8. The van der Waals surface area contributed by atoms with Crippen LogP contribution in [-0.2, 0) is 43.7 Å². The van der Waals surface area contributed by atoms with E-state index in [2.05, 4.69) is 10.6 Å². The van der Waals surface area contributed by atoms with Gasteiger partial charge in [0, 0.05) is 43.6 Å². The van der Waals surface area contributed by atoms with Crippen LogP contribution in [-0.4, -0.2) is 61.0 Å². The van der Waals surface area contributed by atoms with Crippen molar-refractivity contribution in [3.63, 3.8) is 0 Å². The molecule has 248 valence electrons. The summed E-state index contributed by atoms with van der Waals surface area (Å²) in [5.41, 5.74) is 10.1. The number of nitrogens with two attached hydrogens (primary N) is 1. The van der Waals surface area contributed by atoms with E-state index in [0.717, 1.165) is 30.4 Å². The molecule has 0 radical (unpaired) electrons. The molecule has 1 fully saturated rings. The second kappa shape index (κ2) is 16.1. The lowest BCUT2D eigenvalue weighted by Crippen LogP contribution is -2.35. The first-order valence-corrected chi connectivity index (χ1v) is 15.7. The van der Waals surface area contributed by atoms with E-state index in [-0.39, 0.29) is 17.8 Å². The number of carbonyl (C=O) groups excluding carboxylic acids is 1. The summed E-state index contributed by atoms with van der Waals surface area (Å²) in [5.74, 6) is 0.209. The number of aromatic hydroxyl groups is 1. The summed E-state index contributed by atoms with van der Waals surface area (Å²) in [6.45, 7) is 7.07. The number of carbonyl (C=O) groups is 1. The topological polar surface area (TPSA) is 146 Å². The highest BCUT2D eigenvalue weighted by molar-refractivity contribution is 6.00. The lowest BCUT2D eigenvalue weighted by molar-refractivity contribution is -0.382. The molecular formula is C34H44N4O8. The lowest BCUT2D eigenvalue weighted by atomic mass is 9.99. The lowest BCUT2D eigenvalue weighted by Gasteiger charge is -2.33. The third-order valence-corrected chi connectivity index (χ3v) is 7.74. The van der Waals surface area contributed by atoms with Crippen molar-refractivity contribution in [1.82, 2.24) is 5.06 Å². The molecule has 5 rings (SSSR count). The fourth-order valence-electron chi connectivity index (χ4n) is 5.39. The van der Waals surface area contributed by atoms with E-state index in [1.165, 1.54) is 0 Å². The minimum absolute atomic E-state index is 0.113. The van der Waals surface area contributed by atoms with Crippen molar-refractivity contribution >= 4 is 23.1 Å². The Hall–Kier alpha value is -3.91. The number of fused-ring (bicyclic) bond motifs is 1. The number of anilines is 3. The fourth-order valence-corrected chi connectivity index (χ4v) is 5.39. The van der Waals surface area contributed by atoms with Crippen molar-refractivity contribution in [3.05, 3.63) is 77.4 Å². The van der Waals surface area contributed by atoms with E-state index < -0.39 is 5.79 Å². The number of hydrogen-bond acceptors (Lipinski definition) is 10. The number of nitrogen functional groups attached to an aromatic ring is 1. The van der Waals surface area contributed by atoms with Crippen molar-refractivity contribution in [1.29, 1.82) is 0 Å². The number of nitrogens with one attached hydrogen (secondary N) is 2. The number of benzene rings is 3. The number of ether oxygens (including phenoxy) is 4. The summed E-state index contributed by atoms with van der Waals surface area (Å²) in [6.07, 6.45) is 3.18. The first-order chi connectivity index (χ1) is 22.3. The number of urea groups is 1. The number of aryl methyl sites for hydroxylation is 1. The fraction of sp³-hybridized carbons (Fsp3) is 0.441. The molecule has 2 aliphatic rings. The van der Waals surface area contributed by atoms with Gasteiger partial charge in [-0.15, -0.1) is 4.99 Å². The zero-order valence-corrected chi connectivity index (χ0v) is 26.5. The smallest absolute Gasteiger partial charge is 0.323 e. The quantitative estimate of drug-likeness (QED) is 0.0923. The summed E-state index contributed by atoms with van der Waals surface area (Å²) in [7, 11) is 0. The van der Waals surface area contributed by atoms with E-state index in [4.69, 9.17) is 34.6 Å². The molecule has 2 heterocycles. The summed E-state index contributed by atoms with van der Waals surface area (Å²) in [4.78, 5) is 22.9. The zero-order chi connectivity index (χ0) is 32.4. The van der Waals surface area contributed by atoms with Gasteiger partial charge in [0.1, 0.15) is 11.5 Å². The van der Waals surface area contributed by atoms with Gasteiger partial charge in [0.15, 0.2) is 0 Å². The monoisotopic (exact) mass is 636 g/mol. The molecule has 0 bridgehead atoms. The molecule has 5 N–H and O–H groups in total. The first-order valence-electron chi connectivity index (χ1n) is 15.7. The highest BCUT2D eigenvalue weighted by Gasteiger charge is 2.30. The molecule has 0 saturated carbocycles. The van der Waals surface area contributed by atoms with E-state index in [1.807, 2.05) is 55.3 Å². The van der Waals surface area contributed by atoms with Crippen LogP contribution in [0.5, 0.6) is 11.5 Å². The molecule has 2 aliphatic heterocycles. The summed E-state index contributed by atoms with van der Waals surface area (Å²) >= 11 is 0. The van der Waals surface area contributed by atoms with E-state index in [9.17, 15) is 9.90 Å². The van der Waals surface area contributed by atoms with Gasteiger partial charge < -0.3 is 40.4 Å². The number of phenols is 1. The molecule has 12 heteroatoms. The largest absolute Gasteiger partial charge is 0.507 e. The van der Waals surface area contributed by atoms with Gasteiger partial charge in [-0.2, -0.15) is 5.06 Å². The van der Waals surface area contributed by atoms with Gasteiger partial charge >= 0.3 is 6.03 Å². The average molecular weight is 637 g/mol. The van der Waals surface area contributed by atoms with Crippen LogP contribution in [0.2, 0.25) is 0 Å². The molecule has 0 spiro atoms. The Morgan fingerprint density at radius 2 is 1.80 bits per heavy atom. The Balaban J connectivity index is 0.995. The molecular weight excluding hydrogens is 592 g/mol. The normalized spacial score (nSPS) is 16.4. The number of hydrogen-bond donors (Lipinski definition) is 4. The van der Waals surface area contributed by atoms with Crippen molar-refractivity contribution in [2.75, 3.05) is 49.3 Å². The zero-order valence-electron chi connectivity index (χ0n) is 26.5. The second-order valence-corrected chi connectivity index (χ2v) is 11.8. The Morgan fingerprint density at radius 1 is 1.02 bits per heavy atom. The molecule has 1 saturated heterocycles. The van der Waals surface area contributed by atoms with Gasteiger partial charge in [-0.05, 0) is 73.2 Å². The number of phenolic OH excluding ortho intramolecular Hbond substituents is 1. The van der Waals surface area contributed by atoms with Gasteiger partial charge in [-0.25, -0.2) is 9.68 Å². The Labute approximate surface area is 269 Å². The van der Waals surface area contributed by atoms with Crippen LogP contribution in [0.25, 0.3) is 0 Å². The number of rotatable bonds is 15. The first kappa shape index (κ1) is 33.5. The van der Waals surface area contributed by atoms with Crippen molar-refractivity contribution in [2.45, 2.75) is 64.6 Å². The molecule has 0 aliphatic carbocycles. The van der Waals surface area contributed by atoms with Gasteiger partial charge in [-0.1, -0.05) is 24.3 Å². The summed E-state index contributed by atoms with van der Waals surface area (Å²) < 4.78 is 23.2. The standard InChI is InChI=1S/C34H44N4O8/c1-34(2)43-23-30-31(45-34)13-12-25(32(30)39)7-4-11-29(38-15-17-44-46-38)14-16-41-18-19-42-22-24-6-3-9-27(20-24)36-33(40)37-28-10-5-8-26(35)21-28/h3,5-6,8-10,12-13,20-21,29,39H,4,7,11,14-19,22-23,35H2,1-2H3,(H2,36,37,40). The number of nitrogens with zero attached hydrogens (tertiary/aromatic N) is 1. The number of amides is 2.